The molecule has 1 saturated heterocycles. The van der Waals surface area contributed by atoms with Gasteiger partial charge in [-0.05, 0) is 42.5 Å². The minimum Gasteiger partial charge on any atom is -0.441 e. The first-order valence-electron chi connectivity index (χ1n) is 10.8. The summed E-state index contributed by atoms with van der Waals surface area (Å²) in [5, 5.41) is 2.85. The summed E-state index contributed by atoms with van der Waals surface area (Å²) >= 11 is 0. The van der Waals surface area contributed by atoms with Crippen LogP contribution in [-0.2, 0) is 19.6 Å². The van der Waals surface area contributed by atoms with Crippen molar-refractivity contribution < 1.29 is 22.4 Å². The van der Waals surface area contributed by atoms with Crippen molar-refractivity contribution in [3.63, 3.8) is 0 Å². The molecular formula is C23H26N4O5S. The molecule has 1 fully saturated rings. The Balaban J connectivity index is 1.45. The van der Waals surface area contributed by atoms with Gasteiger partial charge in [0.2, 0.25) is 21.8 Å². The van der Waals surface area contributed by atoms with E-state index < -0.39 is 15.9 Å². The van der Waals surface area contributed by atoms with Crippen molar-refractivity contribution in [1.29, 1.82) is 0 Å². The van der Waals surface area contributed by atoms with Gasteiger partial charge >= 0.3 is 0 Å². The zero-order chi connectivity index (χ0) is 23.8. The molecule has 1 aliphatic heterocycles. The van der Waals surface area contributed by atoms with Crippen LogP contribution in [0.4, 0.5) is 11.4 Å². The Kier molecular flexibility index (Phi) is 6.22. The Morgan fingerprint density at radius 3 is 2.55 bits per heavy atom. The standard InChI is InChI=1S/C23H26N4O5S/c1-4-26(5-2)33(30,31)19-9-7-18(8-10-19)27-14-16(12-22(27)28)23(29)25-17-6-11-21-20(13-17)24-15(3)32-21/h6-11,13,16H,4-5,12,14H2,1-3H3,(H,25,29)/t16-/m1/s1. The van der Waals surface area contributed by atoms with Crippen LogP contribution in [0.3, 0.4) is 0 Å². The molecule has 0 spiro atoms. The van der Waals surface area contributed by atoms with E-state index in [0.717, 1.165) is 0 Å². The van der Waals surface area contributed by atoms with Crippen molar-refractivity contribution in [2.45, 2.75) is 32.1 Å². The van der Waals surface area contributed by atoms with Gasteiger partial charge < -0.3 is 14.6 Å². The number of hydrogen-bond acceptors (Lipinski definition) is 6. The molecular weight excluding hydrogens is 444 g/mol. The average Bonchev–Trinajstić information content (AvgIpc) is 3.36. The number of aromatic nitrogens is 1. The smallest absolute Gasteiger partial charge is 0.243 e. The third-order valence-corrected chi connectivity index (χ3v) is 7.81. The molecule has 9 nitrogen and oxygen atoms in total. The lowest BCUT2D eigenvalue weighted by atomic mass is 10.1. The SMILES string of the molecule is CCN(CC)S(=O)(=O)c1ccc(N2C[C@H](C(=O)Nc3ccc4oc(C)nc4c3)CC2=O)cc1. The quantitative estimate of drug-likeness (QED) is 0.568. The lowest BCUT2D eigenvalue weighted by molar-refractivity contribution is -0.122. The van der Waals surface area contributed by atoms with Crippen LogP contribution in [0.15, 0.2) is 51.8 Å². The van der Waals surface area contributed by atoms with Crippen molar-refractivity contribution in [1.82, 2.24) is 9.29 Å². The number of benzene rings is 2. The number of hydrogen-bond donors (Lipinski definition) is 1. The first-order chi connectivity index (χ1) is 15.7. The number of rotatable bonds is 7. The number of oxazole rings is 1. The first-order valence-corrected chi connectivity index (χ1v) is 12.3. The molecule has 10 heteroatoms. The van der Waals surface area contributed by atoms with Crippen molar-refractivity contribution in [3.05, 3.63) is 48.4 Å². The number of aryl methyl sites for hydroxylation is 1. The number of carbonyl (C=O) groups excluding carboxylic acids is 2. The molecule has 33 heavy (non-hydrogen) atoms. The van der Waals surface area contributed by atoms with Crippen molar-refractivity contribution in [2.75, 3.05) is 29.9 Å². The van der Waals surface area contributed by atoms with Gasteiger partial charge in [0.25, 0.3) is 0 Å². The summed E-state index contributed by atoms with van der Waals surface area (Å²) in [6.07, 6.45) is 0.0800. The maximum atomic E-state index is 12.8. The number of sulfonamides is 1. The molecule has 0 bridgehead atoms. The highest BCUT2D eigenvalue weighted by atomic mass is 32.2. The fourth-order valence-corrected chi connectivity index (χ4v) is 5.47. The van der Waals surface area contributed by atoms with Crippen LogP contribution in [0.1, 0.15) is 26.2 Å². The van der Waals surface area contributed by atoms with Gasteiger partial charge in [0.1, 0.15) is 5.52 Å². The Morgan fingerprint density at radius 1 is 1.18 bits per heavy atom. The molecule has 1 N–H and O–H groups in total. The number of anilines is 2. The van der Waals surface area contributed by atoms with Gasteiger partial charge in [-0.1, -0.05) is 13.8 Å². The summed E-state index contributed by atoms with van der Waals surface area (Å²) in [4.78, 5) is 31.3. The summed E-state index contributed by atoms with van der Waals surface area (Å²) in [7, 11) is -3.57. The molecule has 1 aromatic heterocycles. The van der Waals surface area contributed by atoms with Crippen LogP contribution in [0, 0.1) is 12.8 Å². The van der Waals surface area contributed by atoms with E-state index in [1.807, 2.05) is 0 Å². The molecule has 4 rings (SSSR count). The van der Waals surface area contributed by atoms with Gasteiger partial charge in [-0.3, -0.25) is 9.59 Å². The number of carbonyl (C=O) groups is 2. The predicted molar refractivity (Wildman–Crippen MR) is 124 cm³/mol. The average molecular weight is 471 g/mol. The van der Waals surface area contributed by atoms with Crippen molar-refractivity contribution >= 4 is 44.3 Å². The van der Waals surface area contributed by atoms with Gasteiger partial charge in [-0.2, -0.15) is 4.31 Å². The number of amides is 2. The predicted octanol–water partition coefficient (Wildman–Crippen LogP) is 3.16. The van der Waals surface area contributed by atoms with E-state index in [0.29, 0.717) is 41.5 Å². The molecule has 1 atom stereocenters. The number of nitrogens with one attached hydrogen (secondary N) is 1. The lowest BCUT2D eigenvalue weighted by Gasteiger charge is -2.20. The van der Waals surface area contributed by atoms with Crippen LogP contribution in [0.2, 0.25) is 0 Å². The number of nitrogens with zero attached hydrogens (tertiary/aromatic N) is 3. The fraction of sp³-hybridized carbons (Fsp3) is 0.348. The van der Waals surface area contributed by atoms with Gasteiger partial charge in [0.05, 0.1) is 10.8 Å². The fourth-order valence-electron chi connectivity index (χ4n) is 4.01. The zero-order valence-corrected chi connectivity index (χ0v) is 19.6. The maximum Gasteiger partial charge on any atom is 0.243 e. The second-order valence-corrected chi connectivity index (χ2v) is 9.83. The summed E-state index contributed by atoms with van der Waals surface area (Å²) in [5.74, 6) is -0.420. The van der Waals surface area contributed by atoms with Crippen molar-refractivity contribution in [2.24, 2.45) is 5.92 Å². The van der Waals surface area contributed by atoms with Gasteiger partial charge in [-0.25, -0.2) is 13.4 Å². The molecule has 174 valence electrons. The van der Waals surface area contributed by atoms with E-state index in [1.54, 1.807) is 51.1 Å². The monoisotopic (exact) mass is 470 g/mol. The summed E-state index contributed by atoms with van der Waals surface area (Å²) in [6, 6.07) is 11.4. The van der Waals surface area contributed by atoms with Gasteiger partial charge in [0, 0.05) is 44.4 Å². The van der Waals surface area contributed by atoms with E-state index in [2.05, 4.69) is 10.3 Å². The van der Waals surface area contributed by atoms with E-state index >= 15 is 0 Å². The van der Waals surface area contributed by atoms with Crippen LogP contribution in [-0.4, -0.2) is 49.2 Å². The minimum absolute atomic E-state index is 0.0800. The zero-order valence-electron chi connectivity index (χ0n) is 18.7. The van der Waals surface area contributed by atoms with E-state index in [1.165, 1.54) is 21.3 Å². The second kappa shape index (κ2) is 8.95. The summed E-state index contributed by atoms with van der Waals surface area (Å²) in [5.41, 5.74) is 2.43. The molecule has 0 radical (unpaired) electrons. The van der Waals surface area contributed by atoms with Crippen molar-refractivity contribution in [3.8, 4) is 0 Å². The molecule has 2 aromatic carbocycles. The molecule has 0 saturated carbocycles. The normalized spacial score (nSPS) is 16.7. The lowest BCUT2D eigenvalue weighted by Crippen LogP contribution is -2.31. The van der Waals surface area contributed by atoms with E-state index in [-0.39, 0.29) is 29.7 Å². The van der Waals surface area contributed by atoms with Crippen LogP contribution < -0.4 is 10.2 Å². The van der Waals surface area contributed by atoms with Crippen LogP contribution >= 0.6 is 0 Å². The maximum absolute atomic E-state index is 12.8. The first kappa shape index (κ1) is 22.9. The highest BCUT2D eigenvalue weighted by Crippen LogP contribution is 2.28. The molecule has 2 heterocycles. The van der Waals surface area contributed by atoms with Gasteiger partial charge in [0.15, 0.2) is 11.5 Å². The Labute approximate surface area is 192 Å². The number of fused-ring (bicyclic) bond motifs is 1. The second-order valence-electron chi connectivity index (χ2n) is 7.89. The Hall–Kier alpha value is -3.24. The molecule has 3 aromatic rings. The third kappa shape index (κ3) is 4.49. The minimum atomic E-state index is -3.57. The Morgan fingerprint density at radius 2 is 1.88 bits per heavy atom. The molecule has 0 aliphatic carbocycles. The van der Waals surface area contributed by atoms with Crippen LogP contribution in [0.25, 0.3) is 11.1 Å². The highest BCUT2D eigenvalue weighted by Gasteiger charge is 2.35. The summed E-state index contributed by atoms with van der Waals surface area (Å²) in [6.45, 7) is 6.31. The summed E-state index contributed by atoms with van der Waals surface area (Å²) < 4.78 is 32.2. The molecule has 0 unspecified atom stereocenters. The Bertz CT molecular complexity index is 1300. The molecule has 2 amide bonds. The largest absolute Gasteiger partial charge is 0.441 e. The van der Waals surface area contributed by atoms with Crippen LogP contribution in [0.5, 0.6) is 0 Å². The highest BCUT2D eigenvalue weighted by molar-refractivity contribution is 7.89. The molecule has 1 aliphatic rings. The van der Waals surface area contributed by atoms with Gasteiger partial charge in [-0.15, -0.1) is 0 Å². The van der Waals surface area contributed by atoms with E-state index in [4.69, 9.17) is 4.42 Å². The topological polar surface area (TPSA) is 113 Å². The van der Waals surface area contributed by atoms with E-state index in [9.17, 15) is 18.0 Å². The third-order valence-electron chi connectivity index (χ3n) is 5.75.